The minimum absolute atomic E-state index is 0.00219. The number of anilines is 2. The molecule has 0 saturated carbocycles. The normalized spacial score (nSPS) is 20.0. The van der Waals surface area contributed by atoms with Crippen molar-refractivity contribution in [1.82, 2.24) is 9.88 Å². The second-order valence-corrected chi connectivity index (χ2v) is 7.98. The predicted molar refractivity (Wildman–Crippen MR) is 97.6 cm³/mol. The van der Waals surface area contributed by atoms with Crippen LogP contribution in [0.2, 0.25) is 0 Å². The van der Waals surface area contributed by atoms with Crippen molar-refractivity contribution < 1.29 is 18.4 Å². The van der Waals surface area contributed by atoms with E-state index < -0.39 is 17.6 Å². The summed E-state index contributed by atoms with van der Waals surface area (Å²) in [5.74, 6) is -2.75. The minimum atomic E-state index is -0.760. The maximum absolute atomic E-state index is 13.4. The SMILES string of the molecule is CN1CCc2nc(NC(=O)C3CC(=O)N(c4cc(F)cc(F)c4)C3)sc2C1. The van der Waals surface area contributed by atoms with E-state index >= 15 is 0 Å². The lowest BCUT2D eigenvalue weighted by Crippen LogP contribution is -2.28. The molecule has 1 atom stereocenters. The summed E-state index contributed by atoms with van der Waals surface area (Å²) in [5.41, 5.74) is 1.13. The third-order valence-corrected chi connectivity index (χ3v) is 5.80. The molecule has 0 radical (unpaired) electrons. The second-order valence-electron chi connectivity index (χ2n) is 6.90. The van der Waals surface area contributed by atoms with Gasteiger partial charge in [-0.05, 0) is 19.2 Å². The molecule has 27 heavy (non-hydrogen) atoms. The van der Waals surface area contributed by atoms with E-state index in [1.807, 2.05) is 7.05 Å². The second kappa shape index (κ2) is 6.97. The van der Waals surface area contributed by atoms with E-state index in [4.69, 9.17) is 0 Å². The van der Waals surface area contributed by atoms with Crippen molar-refractivity contribution in [2.75, 3.05) is 30.4 Å². The molecule has 1 fully saturated rings. The van der Waals surface area contributed by atoms with Crippen molar-refractivity contribution in [2.24, 2.45) is 5.92 Å². The molecule has 3 heterocycles. The fourth-order valence-corrected chi connectivity index (χ4v) is 4.50. The highest BCUT2D eigenvalue weighted by Gasteiger charge is 2.36. The number of fused-ring (bicyclic) bond motifs is 1. The molecule has 0 aliphatic carbocycles. The molecule has 9 heteroatoms. The van der Waals surface area contributed by atoms with Crippen molar-refractivity contribution in [1.29, 1.82) is 0 Å². The van der Waals surface area contributed by atoms with Crippen molar-refractivity contribution >= 4 is 34.0 Å². The Morgan fingerprint density at radius 2 is 2.04 bits per heavy atom. The van der Waals surface area contributed by atoms with Crippen LogP contribution >= 0.6 is 11.3 Å². The number of carbonyl (C=O) groups is 2. The van der Waals surface area contributed by atoms with Gasteiger partial charge in [0.1, 0.15) is 11.6 Å². The Morgan fingerprint density at radius 1 is 1.30 bits per heavy atom. The average molecular weight is 392 g/mol. The number of halogens is 2. The molecule has 1 aromatic carbocycles. The van der Waals surface area contributed by atoms with Gasteiger partial charge in [0.05, 0.1) is 11.6 Å². The van der Waals surface area contributed by atoms with Gasteiger partial charge in [0.15, 0.2) is 5.13 Å². The predicted octanol–water partition coefficient (Wildman–Crippen LogP) is 2.40. The number of rotatable bonds is 3. The van der Waals surface area contributed by atoms with Gasteiger partial charge in [-0.25, -0.2) is 13.8 Å². The maximum Gasteiger partial charge on any atom is 0.231 e. The summed E-state index contributed by atoms with van der Waals surface area (Å²) in [6.45, 7) is 1.82. The number of benzene rings is 1. The molecule has 1 N–H and O–H groups in total. The monoisotopic (exact) mass is 392 g/mol. The molecule has 2 aliphatic rings. The van der Waals surface area contributed by atoms with Gasteiger partial charge in [-0.3, -0.25) is 9.59 Å². The van der Waals surface area contributed by atoms with E-state index in [9.17, 15) is 18.4 Å². The third-order valence-electron chi connectivity index (χ3n) is 4.81. The Morgan fingerprint density at radius 3 is 2.78 bits per heavy atom. The van der Waals surface area contributed by atoms with Crippen molar-refractivity contribution in [3.05, 3.63) is 40.4 Å². The molecule has 1 saturated heterocycles. The van der Waals surface area contributed by atoms with Crippen LogP contribution in [-0.4, -0.2) is 41.8 Å². The highest BCUT2D eigenvalue weighted by Crippen LogP contribution is 2.30. The van der Waals surface area contributed by atoms with Gasteiger partial charge in [-0.2, -0.15) is 0 Å². The minimum Gasteiger partial charge on any atom is -0.311 e. The molecule has 0 bridgehead atoms. The first-order valence-electron chi connectivity index (χ1n) is 8.63. The van der Waals surface area contributed by atoms with Crippen LogP contribution in [0, 0.1) is 17.6 Å². The van der Waals surface area contributed by atoms with E-state index in [1.165, 1.54) is 16.2 Å². The fraction of sp³-hybridized carbons (Fsp3) is 0.389. The molecule has 0 spiro atoms. The van der Waals surface area contributed by atoms with Crippen LogP contribution in [0.1, 0.15) is 17.0 Å². The summed E-state index contributed by atoms with van der Waals surface area (Å²) in [6.07, 6.45) is 0.844. The number of carbonyl (C=O) groups excluding carboxylic acids is 2. The Kier molecular flexibility index (Phi) is 4.65. The Labute approximate surface area is 158 Å². The number of thiazole rings is 1. The molecule has 4 rings (SSSR count). The summed E-state index contributed by atoms with van der Waals surface area (Å²) in [5, 5.41) is 3.32. The topological polar surface area (TPSA) is 65.5 Å². The fourth-order valence-electron chi connectivity index (χ4n) is 3.41. The molecule has 1 aromatic heterocycles. The molecule has 2 aliphatic heterocycles. The third kappa shape index (κ3) is 3.70. The quantitative estimate of drug-likeness (QED) is 0.871. The van der Waals surface area contributed by atoms with Crippen molar-refractivity contribution in [2.45, 2.75) is 19.4 Å². The van der Waals surface area contributed by atoms with Gasteiger partial charge < -0.3 is 15.1 Å². The molecule has 2 aromatic rings. The van der Waals surface area contributed by atoms with E-state index in [2.05, 4.69) is 15.2 Å². The molecule has 1 unspecified atom stereocenters. The first kappa shape index (κ1) is 18.0. The van der Waals surface area contributed by atoms with E-state index in [-0.39, 0.29) is 30.5 Å². The van der Waals surface area contributed by atoms with Gasteiger partial charge in [-0.1, -0.05) is 0 Å². The molecule has 2 amide bonds. The number of amides is 2. The Hall–Kier alpha value is -2.39. The number of nitrogens with zero attached hydrogens (tertiary/aromatic N) is 3. The van der Waals surface area contributed by atoms with Crippen LogP contribution in [0.4, 0.5) is 19.6 Å². The molecular weight excluding hydrogens is 374 g/mol. The van der Waals surface area contributed by atoms with Gasteiger partial charge in [0.2, 0.25) is 11.8 Å². The summed E-state index contributed by atoms with van der Waals surface area (Å²) in [4.78, 5) is 33.9. The zero-order valence-electron chi connectivity index (χ0n) is 14.7. The number of likely N-dealkylation sites (N-methyl/N-ethyl adjacent to an activating group) is 1. The first-order valence-corrected chi connectivity index (χ1v) is 9.45. The van der Waals surface area contributed by atoms with Crippen LogP contribution in [0.25, 0.3) is 0 Å². The number of hydrogen-bond acceptors (Lipinski definition) is 5. The Bertz CT molecular complexity index is 897. The van der Waals surface area contributed by atoms with Crippen LogP contribution in [0.3, 0.4) is 0 Å². The highest BCUT2D eigenvalue weighted by atomic mass is 32.1. The molecule has 6 nitrogen and oxygen atoms in total. The number of aromatic nitrogens is 1. The van der Waals surface area contributed by atoms with E-state index in [1.54, 1.807) is 0 Å². The van der Waals surface area contributed by atoms with E-state index in [0.717, 1.165) is 48.3 Å². The first-order chi connectivity index (χ1) is 12.9. The van der Waals surface area contributed by atoms with Crippen LogP contribution in [-0.2, 0) is 22.6 Å². The average Bonchev–Trinajstić information content (AvgIpc) is 3.16. The summed E-state index contributed by atoms with van der Waals surface area (Å²) >= 11 is 1.45. The van der Waals surface area contributed by atoms with Gasteiger partial charge >= 0.3 is 0 Å². The van der Waals surface area contributed by atoms with E-state index in [0.29, 0.717) is 5.13 Å². The number of nitrogens with one attached hydrogen (secondary N) is 1. The van der Waals surface area contributed by atoms with Gasteiger partial charge in [-0.15, -0.1) is 11.3 Å². The lowest BCUT2D eigenvalue weighted by atomic mass is 10.1. The zero-order chi connectivity index (χ0) is 19.1. The lowest BCUT2D eigenvalue weighted by molar-refractivity contribution is -0.122. The van der Waals surface area contributed by atoms with Crippen LogP contribution < -0.4 is 10.2 Å². The smallest absolute Gasteiger partial charge is 0.231 e. The molecule has 142 valence electrons. The van der Waals surface area contributed by atoms with Crippen molar-refractivity contribution in [3.8, 4) is 0 Å². The van der Waals surface area contributed by atoms with Crippen molar-refractivity contribution in [3.63, 3.8) is 0 Å². The Balaban J connectivity index is 1.45. The van der Waals surface area contributed by atoms with Crippen LogP contribution in [0.15, 0.2) is 18.2 Å². The van der Waals surface area contributed by atoms with Gasteiger partial charge in [0.25, 0.3) is 0 Å². The highest BCUT2D eigenvalue weighted by molar-refractivity contribution is 7.15. The van der Waals surface area contributed by atoms with Gasteiger partial charge in [0, 0.05) is 49.1 Å². The summed E-state index contributed by atoms with van der Waals surface area (Å²) in [6, 6.07) is 2.93. The van der Waals surface area contributed by atoms with Crippen LogP contribution in [0.5, 0.6) is 0 Å². The lowest BCUT2D eigenvalue weighted by Gasteiger charge is -2.20. The number of hydrogen-bond donors (Lipinski definition) is 1. The summed E-state index contributed by atoms with van der Waals surface area (Å²) in [7, 11) is 2.04. The zero-order valence-corrected chi connectivity index (χ0v) is 15.5. The molecular formula is C18H18F2N4O2S. The summed E-state index contributed by atoms with van der Waals surface area (Å²) < 4.78 is 26.8. The largest absolute Gasteiger partial charge is 0.311 e. The standard InChI is InChI=1S/C18H18F2N4O2S/c1-23-3-2-14-15(9-23)27-18(21-14)22-17(26)10-4-16(25)24(8-10)13-6-11(19)5-12(20)7-13/h5-7,10H,2-4,8-9H2,1H3,(H,21,22,26). The maximum atomic E-state index is 13.4.